The van der Waals surface area contributed by atoms with Crippen LogP contribution in [0.25, 0.3) is 0 Å². The molecule has 0 spiro atoms. The van der Waals surface area contributed by atoms with E-state index in [2.05, 4.69) is 39.3 Å². The van der Waals surface area contributed by atoms with Crippen LogP contribution in [-0.2, 0) is 0 Å². The van der Waals surface area contributed by atoms with Crippen LogP contribution in [0.4, 0.5) is 5.00 Å². The normalized spacial score (nSPS) is 25.7. The van der Waals surface area contributed by atoms with E-state index in [1.807, 2.05) is 0 Å². The van der Waals surface area contributed by atoms with Gasteiger partial charge in [0, 0.05) is 29.5 Å². The summed E-state index contributed by atoms with van der Waals surface area (Å²) in [4.78, 5) is 2.37. The Kier molecular flexibility index (Phi) is 4.27. The van der Waals surface area contributed by atoms with Crippen molar-refractivity contribution < 1.29 is 0 Å². The summed E-state index contributed by atoms with van der Waals surface area (Å²) in [6.45, 7) is 1.17. The lowest BCUT2D eigenvalue weighted by Crippen LogP contribution is -2.32. The van der Waals surface area contributed by atoms with E-state index >= 15 is 0 Å². The first-order valence-electron chi connectivity index (χ1n) is 5.86. The lowest BCUT2D eigenvalue weighted by Gasteiger charge is -2.30. The summed E-state index contributed by atoms with van der Waals surface area (Å²) in [5.41, 5.74) is 5.92. The van der Waals surface area contributed by atoms with E-state index in [4.69, 9.17) is 5.73 Å². The van der Waals surface area contributed by atoms with Gasteiger partial charge in [-0.15, -0.1) is 11.3 Å². The van der Waals surface area contributed by atoms with Crippen LogP contribution in [0.15, 0.2) is 15.9 Å². The van der Waals surface area contributed by atoms with Gasteiger partial charge >= 0.3 is 0 Å². The number of nitrogens with two attached hydrogens (primary N) is 1. The largest absolute Gasteiger partial charge is 0.366 e. The van der Waals surface area contributed by atoms with Gasteiger partial charge < -0.3 is 10.6 Å². The molecule has 1 aromatic rings. The summed E-state index contributed by atoms with van der Waals surface area (Å²) < 4.78 is 1.19. The van der Waals surface area contributed by atoms with E-state index < -0.39 is 0 Å². The van der Waals surface area contributed by atoms with Crippen molar-refractivity contribution in [2.75, 3.05) is 18.5 Å². The molecular formula is C12H19BrN2S. The van der Waals surface area contributed by atoms with Crippen molar-refractivity contribution in [2.45, 2.75) is 31.7 Å². The highest BCUT2D eigenvalue weighted by molar-refractivity contribution is 9.10. The Morgan fingerprint density at radius 1 is 1.44 bits per heavy atom. The summed E-state index contributed by atoms with van der Waals surface area (Å²) in [5, 5.41) is 3.49. The Labute approximate surface area is 110 Å². The quantitative estimate of drug-likeness (QED) is 0.926. The average Bonchev–Trinajstić information content (AvgIpc) is 2.68. The fourth-order valence-corrected chi connectivity index (χ4v) is 3.75. The molecule has 4 heteroatoms. The van der Waals surface area contributed by atoms with E-state index in [-0.39, 0.29) is 0 Å². The Bertz CT molecular complexity index is 332. The van der Waals surface area contributed by atoms with Crippen molar-refractivity contribution in [1.29, 1.82) is 0 Å². The van der Waals surface area contributed by atoms with Crippen LogP contribution in [0.2, 0.25) is 0 Å². The van der Waals surface area contributed by atoms with E-state index in [1.54, 1.807) is 11.3 Å². The third-order valence-electron chi connectivity index (χ3n) is 3.35. The van der Waals surface area contributed by atoms with Gasteiger partial charge in [-0.3, -0.25) is 0 Å². The molecule has 0 amide bonds. The minimum absolute atomic E-state index is 0.456. The Hall–Kier alpha value is -0.0600. The zero-order valence-corrected chi connectivity index (χ0v) is 12.1. The van der Waals surface area contributed by atoms with Gasteiger partial charge in [-0.2, -0.15) is 0 Å². The lowest BCUT2D eigenvalue weighted by atomic mass is 9.86. The van der Waals surface area contributed by atoms with E-state index in [1.165, 1.54) is 41.7 Å². The molecule has 16 heavy (non-hydrogen) atoms. The van der Waals surface area contributed by atoms with E-state index in [0.29, 0.717) is 6.04 Å². The number of thiophene rings is 1. The Morgan fingerprint density at radius 2 is 2.12 bits per heavy atom. The molecule has 0 atom stereocenters. The molecule has 1 aliphatic carbocycles. The molecule has 1 aromatic heterocycles. The minimum atomic E-state index is 0.456. The third-order valence-corrected chi connectivity index (χ3v) is 5.16. The fraction of sp³-hybridized carbons (Fsp3) is 0.667. The van der Waals surface area contributed by atoms with Crippen molar-refractivity contribution >= 4 is 32.3 Å². The summed E-state index contributed by atoms with van der Waals surface area (Å²) in [7, 11) is 2.19. The molecule has 0 saturated heterocycles. The number of hydrogen-bond acceptors (Lipinski definition) is 3. The Balaban J connectivity index is 1.85. The lowest BCUT2D eigenvalue weighted by molar-refractivity contribution is 0.330. The van der Waals surface area contributed by atoms with E-state index in [0.717, 1.165) is 5.92 Å². The standard InChI is InChI=1S/C12H19BrN2S/c1-15(12-6-10(13)8-16-12)7-9-2-4-11(14)5-3-9/h6,8-9,11H,2-5,7,14H2,1H3. The molecule has 1 aliphatic rings. The maximum atomic E-state index is 5.92. The first-order valence-corrected chi connectivity index (χ1v) is 7.53. The average molecular weight is 303 g/mol. The zero-order chi connectivity index (χ0) is 11.5. The summed E-state index contributed by atoms with van der Waals surface area (Å²) >= 11 is 5.30. The molecule has 2 rings (SSSR count). The summed E-state index contributed by atoms with van der Waals surface area (Å²) in [5.74, 6) is 0.825. The highest BCUT2D eigenvalue weighted by atomic mass is 79.9. The SMILES string of the molecule is CN(CC1CCC(N)CC1)c1cc(Br)cs1. The molecule has 0 aliphatic heterocycles. The molecule has 1 fully saturated rings. The van der Waals surface area contributed by atoms with Crippen LogP contribution in [0, 0.1) is 5.92 Å². The molecule has 0 unspecified atom stereocenters. The first kappa shape index (κ1) is 12.4. The molecular weight excluding hydrogens is 284 g/mol. The molecule has 1 saturated carbocycles. The molecule has 1 heterocycles. The predicted octanol–water partition coefficient (Wildman–Crippen LogP) is 3.46. The van der Waals surface area contributed by atoms with Crippen LogP contribution >= 0.6 is 27.3 Å². The van der Waals surface area contributed by atoms with Gasteiger partial charge in [-0.05, 0) is 53.6 Å². The second kappa shape index (κ2) is 5.52. The van der Waals surface area contributed by atoms with Crippen molar-refractivity contribution in [1.82, 2.24) is 0 Å². The predicted molar refractivity (Wildman–Crippen MR) is 75.2 cm³/mol. The zero-order valence-electron chi connectivity index (χ0n) is 9.66. The van der Waals surface area contributed by atoms with Gasteiger partial charge in [-0.1, -0.05) is 0 Å². The molecule has 2 nitrogen and oxygen atoms in total. The van der Waals surface area contributed by atoms with Crippen molar-refractivity contribution in [3.8, 4) is 0 Å². The second-order valence-electron chi connectivity index (χ2n) is 4.76. The summed E-state index contributed by atoms with van der Waals surface area (Å²) in [6.07, 6.45) is 4.98. The highest BCUT2D eigenvalue weighted by Crippen LogP contribution is 2.30. The highest BCUT2D eigenvalue weighted by Gasteiger charge is 2.20. The number of anilines is 1. The monoisotopic (exact) mass is 302 g/mol. The van der Waals surface area contributed by atoms with Crippen molar-refractivity contribution in [3.63, 3.8) is 0 Å². The fourth-order valence-electron chi connectivity index (χ4n) is 2.35. The van der Waals surface area contributed by atoms with E-state index in [9.17, 15) is 0 Å². The Morgan fingerprint density at radius 3 is 2.69 bits per heavy atom. The smallest absolute Gasteiger partial charge is 0.0917 e. The topological polar surface area (TPSA) is 29.3 Å². The van der Waals surface area contributed by atoms with Gasteiger partial charge in [0.05, 0.1) is 5.00 Å². The van der Waals surface area contributed by atoms with Crippen molar-refractivity contribution in [3.05, 3.63) is 15.9 Å². The molecule has 0 aromatic carbocycles. The first-order chi connectivity index (χ1) is 7.65. The molecule has 2 N–H and O–H groups in total. The maximum Gasteiger partial charge on any atom is 0.0917 e. The number of rotatable bonds is 3. The molecule has 0 bridgehead atoms. The third kappa shape index (κ3) is 3.22. The van der Waals surface area contributed by atoms with Gasteiger partial charge in [0.2, 0.25) is 0 Å². The van der Waals surface area contributed by atoms with Gasteiger partial charge in [0.15, 0.2) is 0 Å². The van der Waals surface area contributed by atoms with Gasteiger partial charge in [-0.25, -0.2) is 0 Å². The van der Waals surface area contributed by atoms with Gasteiger partial charge in [0.1, 0.15) is 0 Å². The van der Waals surface area contributed by atoms with Crippen LogP contribution in [0.5, 0.6) is 0 Å². The number of hydrogen-bond donors (Lipinski definition) is 1. The molecule has 0 radical (unpaired) electrons. The molecule has 90 valence electrons. The van der Waals surface area contributed by atoms with Crippen LogP contribution in [-0.4, -0.2) is 19.6 Å². The van der Waals surface area contributed by atoms with Crippen molar-refractivity contribution in [2.24, 2.45) is 11.7 Å². The van der Waals surface area contributed by atoms with Crippen LogP contribution in [0.1, 0.15) is 25.7 Å². The van der Waals surface area contributed by atoms with Crippen LogP contribution in [0.3, 0.4) is 0 Å². The van der Waals surface area contributed by atoms with Gasteiger partial charge in [0.25, 0.3) is 0 Å². The number of nitrogens with zero attached hydrogens (tertiary/aromatic N) is 1. The minimum Gasteiger partial charge on any atom is -0.366 e. The number of halogens is 1. The van der Waals surface area contributed by atoms with Crippen LogP contribution < -0.4 is 10.6 Å². The second-order valence-corrected chi connectivity index (χ2v) is 6.57. The maximum absolute atomic E-state index is 5.92. The summed E-state index contributed by atoms with van der Waals surface area (Å²) in [6, 6.07) is 2.65.